The fourth-order valence-corrected chi connectivity index (χ4v) is 2.43. The molecule has 1 heterocycles. The summed E-state index contributed by atoms with van der Waals surface area (Å²) in [5.74, 6) is -0.580. The number of ether oxygens (including phenoxy) is 2. The van der Waals surface area contributed by atoms with Crippen LogP contribution in [0.1, 0.15) is 36.5 Å². The van der Waals surface area contributed by atoms with E-state index >= 15 is 0 Å². The van der Waals surface area contributed by atoms with Gasteiger partial charge in [-0.1, -0.05) is 13.0 Å². The Balaban J connectivity index is 1.82. The van der Waals surface area contributed by atoms with Gasteiger partial charge >= 0.3 is 5.97 Å². The molecule has 2 atom stereocenters. The average molecular weight is 321 g/mol. The summed E-state index contributed by atoms with van der Waals surface area (Å²) in [7, 11) is 0. The van der Waals surface area contributed by atoms with Crippen molar-refractivity contribution in [1.82, 2.24) is 5.32 Å². The first-order valence-corrected chi connectivity index (χ1v) is 7.89. The van der Waals surface area contributed by atoms with Gasteiger partial charge in [-0.3, -0.25) is 9.59 Å². The number of hydrogen-bond acceptors (Lipinski definition) is 4. The summed E-state index contributed by atoms with van der Waals surface area (Å²) in [5, 5.41) is 11.5. The Labute approximate surface area is 135 Å². The molecule has 23 heavy (non-hydrogen) atoms. The molecule has 2 unspecified atom stereocenters. The molecular formula is C17H23NO5. The minimum absolute atomic E-state index is 0.0326. The second kappa shape index (κ2) is 8.53. The highest BCUT2D eigenvalue weighted by molar-refractivity contribution is 5.94. The van der Waals surface area contributed by atoms with Crippen LogP contribution in [0.25, 0.3) is 0 Å². The lowest BCUT2D eigenvalue weighted by Gasteiger charge is -2.13. The van der Waals surface area contributed by atoms with Crippen LogP contribution in [0.5, 0.6) is 5.75 Å². The van der Waals surface area contributed by atoms with Gasteiger partial charge in [0, 0.05) is 25.1 Å². The van der Waals surface area contributed by atoms with Crippen LogP contribution in [0.15, 0.2) is 24.3 Å². The molecule has 126 valence electrons. The highest BCUT2D eigenvalue weighted by Gasteiger charge is 2.16. The van der Waals surface area contributed by atoms with Crippen molar-refractivity contribution in [3.05, 3.63) is 29.8 Å². The topological polar surface area (TPSA) is 84.9 Å². The zero-order chi connectivity index (χ0) is 16.7. The van der Waals surface area contributed by atoms with E-state index in [2.05, 4.69) is 5.32 Å². The van der Waals surface area contributed by atoms with Gasteiger partial charge in [0.2, 0.25) is 0 Å². The molecular weight excluding hydrogens is 298 g/mol. The molecule has 0 bridgehead atoms. The van der Waals surface area contributed by atoms with E-state index in [9.17, 15) is 9.59 Å². The molecule has 1 saturated heterocycles. The molecule has 1 aliphatic heterocycles. The summed E-state index contributed by atoms with van der Waals surface area (Å²) >= 11 is 0. The van der Waals surface area contributed by atoms with Crippen LogP contribution in [-0.2, 0) is 9.53 Å². The fourth-order valence-electron chi connectivity index (χ4n) is 2.43. The third-order valence-electron chi connectivity index (χ3n) is 3.69. The standard InChI is InChI=1S/C17H23NO5/c1-12(8-16(19)20)10-18-17(21)13-4-2-5-14(9-13)23-11-15-6-3-7-22-15/h2,4-5,9,12,15H,3,6-8,10-11H2,1H3,(H,18,21)(H,19,20). The number of carboxylic acid groups (broad SMARTS) is 1. The molecule has 0 saturated carbocycles. The predicted octanol–water partition coefficient (Wildman–Crippen LogP) is 2.08. The number of hydrogen-bond donors (Lipinski definition) is 2. The second-order valence-corrected chi connectivity index (χ2v) is 5.89. The van der Waals surface area contributed by atoms with Crippen molar-refractivity contribution in [2.45, 2.75) is 32.3 Å². The first-order valence-electron chi connectivity index (χ1n) is 7.89. The van der Waals surface area contributed by atoms with Crippen LogP contribution in [0.3, 0.4) is 0 Å². The summed E-state index contributed by atoms with van der Waals surface area (Å²) in [6.07, 6.45) is 2.22. The van der Waals surface area contributed by atoms with E-state index in [0.717, 1.165) is 19.4 Å². The van der Waals surface area contributed by atoms with Gasteiger partial charge < -0.3 is 19.9 Å². The van der Waals surface area contributed by atoms with E-state index in [1.54, 1.807) is 31.2 Å². The van der Waals surface area contributed by atoms with Gasteiger partial charge in [0.15, 0.2) is 0 Å². The van der Waals surface area contributed by atoms with E-state index in [0.29, 0.717) is 24.5 Å². The van der Waals surface area contributed by atoms with Gasteiger partial charge in [0.25, 0.3) is 5.91 Å². The fraction of sp³-hybridized carbons (Fsp3) is 0.529. The van der Waals surface area contributed by atoms with E-state index < -0.39 is 5.97 Å². The molecule has 1 fully saturated rings. The Morgan fingerprint density at radius 1 is 1.48 bits per heavy atom. The van der Waals surface area contributed by atoms with Crippen molar-refractivity contribution in [3.63, 3.8) is 0 Å². The zero-order valence-corrected chi connectivity index (χ0v) is 13.3. The summed E-state index contributed by atoms with van der Waals surface area (Å²) in [5.41, 5.74) is 0.498. The summed E-state index contributed by atoms with van der Waals surface area (Å²) in [6.45, 7) is 3.38. The minimum atomic E-state index is -0.865. The molecule has 1 aromatic rings. The summed E-state index contributed by atoms with van der Waals surface area (Å²) in [6, 6.07) is 6.96. The van der Waals surface area contributed by atoms with Crippen molar-refractivity contribution in [3.8, 4) is 5.75 Å². The zero-order valence-electron chi connectivity index (χ0n) is 13.3. The van der Waals surface area contributed by atoms with Crippen LogP contribution < -0.4 is 10.1 Å². The number of amides is 1. The lowest BCUT2D eigenvalue weighted by atomic mass is 10.1. The number of carbonyl (C=O) groups is 2. The first kappa shape index (κ1) is 17.3. The highest BCUT2D eigenvalue weighted by Crippen LogP contribution is 2.17. The molecule has 6 heteroatoms. The number of carbonyl (C=O) groups excluding carboxylic acids is 1. The predicted molar refractivity (Wildman–Crippen MR) is 84.7 cm³/mol. The molecule has 1 aliphatic rings. The van der Waals surface area contributed by atoms with E-state index in [4.69, 9.17) is 14.6 Å². The molecule has 0 aromatic heterocycles. The van der Waals surface area contributed by atoms with Crippen molar-refractivity contribution in [2.24, 2.45) is 5.92 Å². The molecule has 0 aliphatic carbocycles. The number of benzene rings is 1. The maximum atomic E-state index is 12.1. The maximum Gasteiger partial charge on any atom is 0.303 e. The summed E-state index contributed by atoms with van der Waals surface area (Å²) < 4.78 is 11.2. The third-order valence-corrected chi connectivity index (χ3v) is 3.69. The van der Waals surface area contributed by atoms with Gasteiger partial charge in [-0.2, -0.15) is 0 Å². The Kier molecular flexibility index (Phi) is 6.40. The largest absolute Gasteiger partial charge is 0.491 e. The minimum Gasteiger partial charge on any atom is -0.491 e. The maximum absolute atomic E-state index is 12.1. The summed E-state index contributed by atoms with van der Waals surface area (Å²) in [4.78, 5) is 22.7. The SMILES string of the molecule is CC(CNC(=O)c1cccc(OCC2CCCO2)c1)CC(=O)O. The average Bonchev–Trinajstić information content (AvgIpc) is 3.03. The number of carboxylic acids is 1. The number of nitrogens with one attached hydrogen (secondary N) is 1. The Bertz CT molecular complexity index is 540. The van der Waals surface area contributed by atoms with Gasteiger partial charge in [-0.25, -0.2) is 0 Å². The van der Waals surface area contributed by atoms with Gasteiger partial charge in [0.05, 0.1) is 6.10 Å². The smallest absolute Gasteiger partial charge is 0.303 e. The van der Waals surface area contributed by atoms with E-state index in [-0.39, 0.29) is 24.3 Å². The van der Waals surface area contributed by atoms with Crippen LogP contribution >= 0.6 is 0 Å². The highest BCUT2D eigenvalue weighted by atomic mass is 16.5. The second-order valence-electron chi connectivity index (χ2n) is 5.89. The van der Waals surface area contributed by atoms with Gasteiger partial charge in [-0.05, 0) is 37.0 Å². The molecule has 6 nitrogen and oxygen atoms in total. The van der Waals surface area contributed by atoms with E-state index in [1.807, 2.05) is 0 Å². The lowest BCUT2D eigenvalue weighted by Crippen LogP contribution is -2.29. The van der Waals surface area contributed by atoms with Crippen LogP contribution in [0.2, 0.25) is 0 Å². The van der Waals surface area contributed by atoms with Crippen LogP contribution in [0.4, 0.5) is 0 Å². The Hall–Kier alpha value is -2.08. The van der Waals surface area contributed by atoms with Crippen LogP contribution in [-0.4, -0.2) is 42.8 Å². The molecule has 2 rings (SSSR count). The molecule has 1 aromatic carbocycles. The van der Waals surface area contributed by atoms with Crippen LogP contribution in [0, 0.1) is 5.92 Å². The lowest BCUT2D eigenvalue weighted by molar-refractivity contribution is -0.137. The van der Waals surface area contributed by atoms with Gasteiger partial charge in [0.1, 0.15) is 12.4 Å². The molecule has 1 amide bonds. The van der Waals surface area contributed by atoms with Crippen molar-refractivity contribution < 1.29 is 24.2 Å². The molecule has 0 radical (unpaired) electrons. The first-order chi connectivity index (χ1) is 11.0. The monoisotopic (exact) mass is 321 g/mol. The normalized spacial score (nSPS) is 18.4. The number of rotatable bonds is 8. The van der Waals surface area contributed by atoms with Gasteiger partial charge in [-0.15, -0.1) is 0 Å². The Morgan fingerprint density at radius 2 is 2.30 bits per heavy atom. The van der Waals surface area contributed by atoms with E-state index in [1.165, 1.54) is 0 Å². The molecule has 2 N–H and O–H groups in total. The van der Waals surface area contributed by atoms with Crippen molar-refractivity contribution in [2.75, 3.05) is 19.8 Å². The third kappa shape index (κ3) is 5.90. The molecule has 0 spiro atoms. The Morgan fingerprint density at radius 3 is 3.00 bits per heavy atom. The quantitative estimate of drug-likeness (QED) is 0.766. The van der Waals surface area contributed by atoms with Crippen molar-refractivity contribution in [1.29, 1.82) is 0 Å². The number of aliphatic carboxylic acids is 1. The van der Waals surface area contributed by atoms with Crippen molar-refractivity contribution >= 4 is 11.9 Å².